The first kappa shape index (κ1) is 15.1. The second-order valence-electron chi connectivity index (χ2n) is 5.04. The van der Waals surface area contributed by atoms with Gasteiger partial charge in [0, 0.05) is 0 Å². The van der Waals surface area contributed by atoms with Gasteiger partial charge in [0.1, 0.15) is 11.1 Å². The number of para-hydroxylation sites is 1. The number of fused-ring (bicyclic) bond motifs is 1. The van der Waals surface area contributed by atoms with Crippen LogP contribution < -0.4 is 5.43 Å². The van der Waals surface area contributed by atoms with Crippen LogP contribution in [0.3, 0.4) is 0 Å². The molecule has 0 aliphatic carbocycles. The Morgan fingerprint density at radius 2 is 1.83 bits per heavy atom. The molecule has 0 bridgehead atoms. The van der Waals surface area contributed by atoms with Crippen LogP contribution in [-0.4, -0.2) is 5.78 Å². The normalized spacial score (nSPS) is 11.0. The van der Waals surface area contributed by atoms with Gasteiger partial charge in [0.2, 0.25) is 11.2 Å². The highest BCUT2D eigenvalue weighted by molar-refractivity contribution is 9.10. The predicted molar refractivity (Wildman–Crippen MR) is 95.6 cm³/mol. The molecule has 0 saturated carbocycles. The number of halogens is 1. The first-order valence-electron chi connectivity index (χ1n) is 7.05. The lowest BCUT2D eigenvalue weighted by molar-refractivity contribution is 0.104. The van der Waals surface area contributed by atoms with E-state index in [0.29, 0.717) is 26.3 Å². The Balaban J connectivity index is 2.07. The Hall–Kier alpha value is -2.44. The molecule has 24 heavy (non-hydrogen) atoms. The van der Waals surface area contributed by atoms with Crippen LogP contribution in [0.1, 0.15) is 15.2 Å². The number of ketones is 1. The summed E-state index contributed by atoms with van der Waals surface area (Å²) in [5.74, 6) is 0.0967. The van der Waals surface area contributed by atoms with Gasteiger partial charge in [-0.15, -0.1) is 11.3 Å². The fourth-order valence-corrected chi connectivity index (χ4v) is 3.47. The van der Waals surface area contributed by atoms with E-state index in [4.69, 9.17) is 8.83 Å². The zero-order valence-electron chi connectivity index (χ0n) is 12.1. The summed E-state index contributed by atoms with van der Waals surface area (Å²) >= 11 is 4.51. The van der Waals surface area contributed by atoms with E-state index in [-0.39, 0.29) is 22.5 Å². The van der Waals surface area contributed by atoms with E-state index in [9.17, 15) is 9.59 Å². The van der Waals surface area contributed by atoms with E-state index in [2.05, 4.69) is 15.9 Å². The third-order valence-electron chi connectivity index (χ3n) is 3.57. The molecule has 0 unspecified atom stereocenters. The second-order valence-corrected chi connectivity index (χ2v) is 6.77. The summed E-state index contributed by atoms with van der Waals surface area (Å²) in [6.07, 6.45) is 0. The lowest BCUT2D eigenvalue weighted by atomic mass is 10.0. The maximum absolute atomic E-state index is 12.9. The van der Waals surface area contributed by atoms with Crippen molar-refractivity contribution in [1.82, 2.24) is 0 Å². The Morgan fingerprint density at radius 1 is 1.00 bits per heavy atom. The summed E-state index contributed by atoms with van der Waals surface area (Å²) in [6, 6.07) is 13.6. The third-order valence-corrected chi connectivity index (χ3v) is 4.86. The second kappa shape index (κ2) is 5.89. The molecule has 3 aromatic heterocycles. The summed E-state index contributed by atoms with van der Waals surface area (Å²) < 4.78 is 11.9. The third kappa shape index (κ3) is 2.44. The molecule has 6 heteroatoms. The number of carbonyl (C=O) groups is 1. The molecule has 4 aromatic rings. The Labute approximate surface area is 148 Å². The van der Waals surface area contributed by atoms with Crippen molar-refractivity contribution >= 4 is 44.0 Å². The van der Waals surface area contributed by atoms with Gasteiger partial charge >= 0.3 is 0 Å². The highest BCUT2D eigenvalue weighted by atomic mass is 79.9. The average Bonchev–Trinajstić information content (AvgIpc) is 3.26. The van der Waals surface area contributed by atoms with E-state index in [1.54, 1.807) is 53.9 Å². The quantitative estimate of drug-likeness (QED) is 0.448. The molecule has 4 rings (SSSR count). The maximum Gasteiger partial charge on any atom is 0.210 e. The molecule has 0 N–H and O–H groups in total. The van der Waals surface area contributed by atoms with E-state index in [1.807, 2.05) is 0 Å². The fourth-order valence-electron chi connectivity index (χ4n) is 2.49. The van der Waals surface area contributed by atoms with Crippen LogP contribution in [0.15, 0.2) is 72.2 Å². The molecule has 0 aliphatic rings. The molecule has 118 valence electrons. The van der Waals surface area contributed by atoms with Crippen LogP contribution in [0.4, 0.5) is 0 Å². The van der Waals surface area contributed by atoms with Crippen molar-refractivity contribution in [1.29, 1.82) is 0 Å². The molecule has 1 aromatic carbocycles. The lowest BCUT2D eigenvalue weighted by Crippen LogP contribution is -2.17. The van der Waals surface area contributed by atoms with Gasteiger partial charge in [0.15, 0.2) is 16.2 Å². The summed E-state index contributed by atoms with van der Waals surface area (Å²) in [4.78, 5) is 26.3. The van der Waals surface area contributed by atoms with Gasteiger partial charge in [-0.05, 0) is 51.6 Å². The number of rotatable bonds is 3. The molecule has 0 saturated heterocycles. The van der Waals surface area contributed by atoms with Crippen LogP contribution in [0.2, 0.25) is 0 Å². The number of benzene rings is 1. The number of thiophene rings is 1. The Bertz CT molecular complexity index is 1110. The van der Waals surface area contributed by atoms with Crippen molar-refractivity contribution in [2.75, 3.05) is 0 Å². The van der Waals surface area contributed by atoms with E-state index in [1.165, 1.54) is 11.3 Å². The van der Waals surface area contributed by atoms with Gasteiger partial charge in [0.25, 0.3) is 0 Å². The van der Waals surface area contributed by atoms with Crippen LogP contribution in [-0.2, 0) is 0 Å². The van der Waals surface area contributed by atoms with Crippen LogP contribution in [0, 0.1) is 0 Å². The van der Waals surface area contributed by atoms with Crippen LogP contribution >= 0.6 is 27.3 Å². The van der Waals surface area contributed by atoms with Gasteiger partial charge in [0.05, 0.1) is 10.3 Å². The molecular weight excluding hydrogens is 392 g/mol. The van der Waals surface area contributed by atoms with Crippen molar-refractivity contribution < 1.29 is 13.6 Å². The fraction of sp³-hybridized carbons (Fsp3) is 0. The Kier molecular flexibility index (Phi) is 3.70. The highest BCUT2D eigenvalue weighted by Crippen LogP contribution is 2.31. The van der Waals surface area contributed by atoms with Crippen molar-refractivity contribution in [2.24, 2.45) is 0 Å². The van der Waals surface area contributed by atoms with Gasteiger partial charge in [-0.3, -0.25) is 9.59 Å². The standard InChI is InChI=1S/C18H9BrO4S/c19-14-8-7-12(22-14)18-15(17(21)13-6-3-9-24-13)16(20)10-4-1-2-5-11(10)23-18/h1-9H. The molecule has 4 nitrogen and oxygen atoms in total. The first-order chi connectivity index (χ1) is 11.6. The van der Waals surface area contributed by atoms with Gasteiger partial charge in [-0.25, -0.2) is 0 Å². The summed E-state index contributed by atoms with van der Waals surface area (Å²) in [6.45, 7) is 0. The van der Waals surface area contributed by atoms with Gasteiger partial charge in [-0.2, -0.15) is 0 Å². The SMILES string of the molecule is O=C(c1cccs1)c1c(-c2ccc(Br)o2)oc2ccccc2c1=O. The number of furan rings is 1. The molecule has 0 fully saturated rings. The summed E-state index contributed by atoms with van der Waals surface area (Å²) in [5.41, 5.74) is 0.0310. The smallest absolute Gasteiger partial charge is 0.210 e. The molecule has 3 heterocycles. The topological polar surface area (TPSA) is 60.4 Å². The van der Waals surface area contributed by atoms with Crippen molar-refractivity contribution in [3.8, 4) is 11.5 Å². The van der Waals surface area contributed by atoms with Crippen LogP contribution in [0.25, 0.3) is 22.5 Å². The minimum atomic E-state index is -0.368. The average molecular weight is 401 g/mol. The van der Waals surface area contributed by atoms with Crippen molar-refractivity contribution in [3.63, 3.8) is 0 Å². The van der Waals surface area contributed by atoms with Gasteiger partial charge < -0.3 is 8.83 Å². The minimum Gasteiger partial charge on any atom is -0.452 e. The molecule has 0 amide bonds. The predicted octanol–water partition coefficient (Wildman–Crippen LogP) is 5.11. The molecular formula is C18H9BrO4S. The molecule has 0 aliphatic heterocycles. The van der Waals surface area contributed by atoms with Gasteiger partial charge in [-0.1, -0.05) is 18.2 Å². The molecule has 0 spiro atoms. The first-order valence-corrected chi connectivity index (χ1v) is 8.72. The van der Waals surface area contributed by atoms with E-state index >= 15 is 0 Å². The molecule has 0 radical (unpaired) electrons. The zero-order chi connectivity index (χ0) is 16.7. The largest absolute Gasteiger partial charge is 0.452 e. The highest BCUT2D eigenvalue weighted by Gasteiger charge is 2.25. The Morgan fingerprint density at radius 3 is 2.54 bits per heavy atom. The number of carbonyl (C=O) groups excluding carboxylic acids is 1. The zero-order valence-corrected chi connectivity index (χ0v) is 14.5. The minimum absolute atomic E-state index is 0.0157. The molecule has 0 atom stereocenters. The number of hydrogen-bond acceptors (Lipinski definition) is 5. The number of hydrogen-bond donors (Lipinski definition) is 0. The lowest BCUT2D eigenvalue weighted by Gasteiger charge is -2.06. The monoisotopic (exact) mass is 400 g/mol. The van der Waals surface area contributed by atoms with Crippen molar-refractivity contribution in [2.45, 2.75) is 0 Å². The summed E-state index contributed by atoms with van der Waals surface area (Å²) in [5, 5.41) is 2.16. The van der Waals surface area contributed by atoms with Crippen molar-refractivity contribution in [3.05, 3.63) is 79.2 Å². The van der Waals surface area contributed by atoms with E-state index in [0.717, 1.165) is 0 Å². The maximum atomic E-state index is 12.9. The van der Waals surface area contributed by atoms with Crippen LogP contribution in [0.5, 0.6) is 0 Å². The van der Waals surface area contributed by atoms with E-state index < -0.39 is 0 Å². The summed E-state index contributed by atoms with van der Waals surface area (Å²) in [7, 11) is 0.